The van der Waals surface area contributed by atoms with Gasteiger partial charge in [0.1, 0.15) is 5.54 Å². The van der Waals surface area contributed by atoms with Crippen LogP contribution in [0.2, 0.25) is 19.6 Å². The van der Waals surface area contributed by atoms with E-state index in [1.165, 1.54) is 19.6 Å². The lowest BCUT2D eigenvalue weighted by atomic mass is 10.1. The Morgan fingerprint density at radius 2 is 1.25 bits per heavy atom. The Morgan fingerprint density at radius 3 is 1.54 bits per heavy atom. The molecule has 0 saturated carbocycles. The average Bonchev–Trinajstić information content (AvgIpc) is 2.90. The minimum Gasteiger partial charge on any atom is -0.377 e. The summed E-state index contributed by atoms with van der Waals surface area (Å²) in [7, 11) is -8.87. The Labute approximate surface area is 155 Å². The van der Waals surface area contributed by atoms with Crippen molar-refractivity contribution in [2.24, 2.45) is 0 Å². The quantitative estimate of drug-likeness (QED) is 0.244. The number of ether oxygens (including phenoxy) is 1. The number of hydrogen-bond acceptors (Lipinski definition) is 4. The van der Waals surface area contributed by atoms with Gasteiger partial charge < -0.3 is 9.16 Å². The molecule has 0 N–H and O–H groups in total. The van der Waals surface area contributed by atoms with Gasteiger partial charge in [-0.3, -0.25) is 0 Å². The summed E-state index contributed by atoms with van der Waals surface area (Å²) < 4.78 is 152. The summed E-state index contributed by atoms with van der Waals surface area (Å²) in [5.74, 6) is -17.2. The topological polar surface area (TPSA) is 55.6 Å². The van der Waals surface area contributed by atoms with Crippen molar-refractivity contribution in [3.8, 4) is 0 Å². The molecule has 1 fully saturated rings. The van der Waals surface area contributed by atoms with E-state index in [9.17, 15) is 47.9 Å². The number of methoxy groups -OCH3 is 1. The first kappa shape index (κ1) is 25.5. The molecule has 1 aliphatic rings. The Balaban J connectivity index is 3.58. The van der Waals surface area contributed by atoms with Gasteiger partial charge in [0.2, 0.25) is 0 Å². The number of alkyl halides is 9. The first-order chi connectivity index (χ1) is 11.9. The van der Waals surface area contributed by atoms with Crippen molar-refractivity contribution >= 4 is 18.3 Å². The molecule has 0 aromatic carbocycles. The van der Waals surface area contributed by atoms with Crippen LogP contribution in [0.3, 0.4) is 0 Å². The average molecular weight is 471 g/mol. The first-order valence-electron chi connectivity index (χ1n) is 7.39. The van der Waals surface area contributed by atoms with E-state index in [2.05, 4.69) is 0 Å². The van der Waals surface area contributed by atoms with Crippen LogP contribution in [0.5, 0.6) is 0 Å². The van der Waals surface area contributed by atoms with Crippen LogP contribution in [-0.2, 0) is 19.2 Å². The monoisotopic (exact) mass is 471 g/mol. The van der Waals surface area contributed by atoms with Gasteiger partial charge in [-0.2, -0.15) is 39.5 Å². The third-order valence-corrected chi connectivity index (χ3v) is 6.87. The molecule has 0 bridgehead atoms. The molecule has 2 unspecified atom stereocenters. The SMILES string of the molecule is COC1(O[Si](C)(C)C)N(S(=O)(=O)C(F)(F)C(F)(F)C(F)(F)C(F)(F)F)C1(C)C. The first-order valence-corrected chi connectivity index (χ1v) is 12.2. The fourth-order valence-corrected chi connectivity index (χ4v) is 5.87. The predicted molar refractivity (Wildman–Crippen MR) is 79.9 cm³/mol. The second kappa shape index (κ2) is 6.21. The maximum atomic E-state index is 14.1. The summed E-state index contributed by atoms with van der Waals surface area (Å²) in [6.45, 7) is 6.11. The van der Waals surface area contributed by atoms with E-state index in [1.54, 1.807) is 0 Å². The summed E-state index contributed by atoms with van der Waals surface area (Å²) in [5, 5.41) is -6.85. The van der Waals surface area contributed by atoms with Gasteiger partial charge in [0.05, 0.1) is 0 Å². The molecule has 16 heteroatoms. The zero-order valence-electron chi connectivity index (χ0n) is 15.4. The molecule has 1 heterocycles. The summed E-state index contributed by atoms with van der Waals surface area (Å²) in [5.41, 5.74) is -2.10. The van der Waals surface area contributed by atoms with Crippen molar-refractivity contribution < 1.29 is 57.1 Å². The number of hydrogen-bond donors (Lipinski definition) is 0. The number of rotatable bonds is 7. The van der Waals surface area contributed by atoms with E-state index >= 15 is 0 Å². The van der Waals surface area contributed by atoms with Crippen LogP contribution in [-0.4, -0.2) is 62.9 Å². The van der Waals surface area contributed by atoms with Crippen LogP contribution in [0, 0.1) is 0 Å². The van der Waals surface area contributed by atoms with Crippen LogP contribution in [0.4, 0.5) is 39.5 Å². The molecular weight excluding hydrogens is 453 g/mol. The fraction of sp³-hybridized carbons (Fsp3) is 1.00. The lowest BCUT2D eigenvalue weighted by Gasteiger charge is -2.34. The third-order valence-electron chi connectivity index (χ3n) is 3.90. The molecule has 28 heavy (non-hydrogen) atoms. The largest absolute Gasteiger partial charge is 0.460 e. The molecule has 0 radical (unpaired) electrons. The predicted octanol–water partition coefficient (Wildman–Crippen LogP) is 3.99. The summed E-state index contributed by atoms with van der Waals surface area (Å²) in [6, 6.07) is 0. The highest BCUT2D eigenvalue weighted by Gasteiger charge is 2.90. The van der Waals surface area contributed by atoms with Crippen LogP contribution < -0.4 is 0 Å². The normalized spacial score (nSPS) is 27.0. The van der Waals surface area contributed by atoms with E-state index in [1.807, 2.05) is 0 Å². The molecule has 1 rings (SSSR count). The molecule has 1 aliphatic heterocycles. The van der Waals surface area contributed by atoms with E-state index in [0.717, 1.165) is 21.0 Å². The highest BCUT2D eigenvalue weighted by Crippen LogP contribution is 2.62. The van der Waals surface area contributed by atoms with Crippen LogP contribution in [0.25, 0.3) is 0 Å². The van der Waals surface area contributed by atoms with Crippen LogP contribution in [0.15, 0.2) is 0 Å². The van der Waals surface area contributed by atoms with E-state index in [-0.39, 0.29) is 0 Å². The highest BCUT2D eigenvalue weighted by molar-refractivity contribution is 7.90. The van der Waals surface area contributed by atoms with Gasteiger partial charge in [0.25, 0.3) is 15.9 Å². The van der Waals surface area contributed by atoms with Gasteiger partial charge in [-0.1, -0.05) is 0 Å². The van der Waals surface area contributed by atoms with Gasteiger partial charge in [0.15, 0.2) is 8.32 Å². The van der Waals surface area contributed by atoms with Gasteiger partial charge in [-0.05, 0) is 33.5 Å². The molecule has 5 nitrogen and oxygen atoms in total. The van der Waals surface area contributed by atoms with Gasteiger partial charge in [-0.25, -0.2) is 8.42 Å². The Bertz CT molecular complexity index is 732. The zero-order valence-corrected chi connectivity index (χ0v) is 17.2. The molecular formula is C12H18F9NO4SSi. The minimum atomic E-state index is -7.34. The van der Waals surface area contributed by atoms with E-state index < -0.39 is 57.4 Å². The Hall–Kier alpha value is -0.583. The summed E-state index contributed by atoms with van der Waals surface area (Å²) >= 11 is 0. The molecule has 0 spiro atoms. The van der Waals surface area contributed by atoms with Crippen molar-refractivity contribution in [1.82, 2.24) is 4.31 Å². The fourth-order valence-electron chi connectivity index (χ4n) is 2.54. The third kappa shape index (κ3) is 3.14. The van der Waals surface area contributed by atoms with Gasteiger partial charge in [-0.15, -0.1) is 4.31 Å². The van der Waals surface area contributed by atoms with Gasteiger partial charge >= 0.3 is 23.3 Å². The summed E-state index contributed by atoms with van der Waals surface area (Å²) in [6.07, 6.45) is -7.14. The number of nitrogens with zero attached hydrogens (tertiary/aromatic N) is 1. The Kier molecular flexibility index (Phi) is 5.65. The van der Waals surface area contributed by atoms with Gasteiger partial charge in [0, 0.05) is 7.11 Å². The number of halogens is 9. The Morgan fingerprint density at radius 1 is 0.857 bits per heavy atom. The van der Waals surface area contributed by atoms with Crippen molar-refractivity contribution in [2.45, 2.75) is 68.2 Å². The lowest BCUT2D eigenvalue weighted by Crippen LogP contribution is -2.64. The maximum absolute atomic E-state index is 14.1. The molecule has 0 amide bonds. The van der Waals surface area contributed by atoms with Crippen LogP contribution >= 0.6 is 0 Å². The highest BCUT2D eigenvalue weighted by atomic mass is 32.2. The summed E-state index contributed by atoms with van der Waals surface area (Å²) in [4.78, 5) is 0. The maximum Gasteiger partial charge on any atom is 0.460 e. The smallest absolute Gasteiger partial charge is 0.377 e. The molecule has 2 atom stereocenters. The van der Waals surface area contributed by atoms with Crippen LogP contribution in [0.1, 0.15) is 13.8 Å². The van der Waals surface area contributed by atoms with Crippen molar-refractivity contribution in [1.29, 1.82) is 0 Å². The minimum absolute atomic E-state index is 0.467. The molecule has 0 aromatic rings. The standard InChI is InChI=1S/C12H18F9NO4SSi/c1-7(2)12(25-3,26-28(4,5)6)22(7)27(23,24)11(20,21)9(15,16)8(13,14)10(17,18)19/h1-6H3. The van der Waals surface area contributed by atoms with Crippen molar-refractivity contribution in [3.05, 3.63) is 0 Å². The molecule has 1 saturated heterocycles. The molecule has 0 aliphatic carbocycles. The van der Waals surface area contributed by atoms with E-state index in [0.29, 0.717) is 0 Å². The second-order valence-corrected chi connectivity index (χ2v) is 13.7. The number of sulfonamides is 1. The zero-order chi connectivity index (χ0) is 23.0. The van der Waals surface area contributed by atoms with Crippen molar-refractivity contribution in [3.63, 3.8) is 0 Å². The molecule has 0 aromatic heterocycles. The van der Waals surface area contributed by atoms with Crippen molar-refractivity contribution in [2.75, 3.05) is 7.11 Å². The second-order valence-electron chi connectivity index (χ2n) is 7.49. The molecule has 168 valence electrons. The lowest BCUT2D eigenvalue weighted by molar-refractivity contribution is -0.382. The van der Waals surface area contributed by atoms with E-state index in [4.69, 9.17) is 9.16 Å².